The van der Waals surface area contributed by atoms with Crippen LogP contribution >= 0.6 is 23.1 Å². The average Bonchev–Trinajstić information content (AvgIpc) is 2.53. The van der Waals surface area contributed by atoms with Crippen LogP contribution < -0.4 is 5.73 Å². The van der Waals surface area contributed by atoms with Gasteiger partial charge in [-0.25, -0.2) is 4.98 Å². The lowest BCUT2D eigenvalue weighted by molar-refractivity contribution is 0.292. The van der Waals surface area contributed by atoms with Gasteiger partial charge in [-0.2, -0.15) is 11.8 Å². The van der Waals surface area contributed by atoms with E-state index < -0.39 is 0 Å². The maximum atomic E-state index is 5.57. The minimum Gasteiger partial charge on any atom is -0.375 e. The van der Waals surface area contributed by atoms with Crippen LogP contribution in [0.5, 0.6) is 0 Å². The van der Waals surface area contributed by atoms with Gasteiger partial charge in [-0.3, -0.25) is 4.90 Å². The molecule has 5 heteroatoms. The van der Waals surface area contributed by atoms with Gasteiger partial charge in [0.25, 0.3) is 0 Å². The molecule has 72 valence electrons. The number of aromatic nitrogens is 1. The molecule has 0 atom stereocenters. The van der Waals surface area contributed by atoms with Crippen molar-refractivity contribution in [2.75, 3.05) is 30.3 Å². The second-order valence-electron chi connectivity index (χ2n) is 3.07. The Kier molecular flexibility index (Phi) is 3.08. The first-order chi connectivity index (χ1) is 6.34. The van der Waals surface area contributed by atoms with Crippen molar-refractivity contribution in [1.29, 1.82) is 0 Å². The van der Waals surface area contributed by atoms with Crippen molar-refractivity contribution in [1.82, 2.24) is 9.88 Å². The Morgan fingerprint density at radius 3 is 2.85 bits per heavy atom. The van der Waals surface area contributed by atoms with Crippen LogP contribution in [-0.2, 0) is 6.54 Å². The van der Waals surface area contributed by atoms with Crippen molar-refractivity contribution >= 4 is 28.2 Å². The fraction of sp³-hybridized carbons (Fsp3) is 0.625. The average molecular weight is 215 g/mol. The van der Waals surface area contributed by atoms with Gasteiger partial charge in [-0.1, -0.05) is 0 Å². The normalized spacial score (nSPS) is 19.1. The number of thioether (sulfide) groups is 1. The maximum absolute atomic E-state index is 5.57. The molecule has 2 heterocycles. The molecule has 0 unspecified atom stereocenters. The summed E-state index contributed by atoms with van der Waals surface area (Å²) in [5.41, 5.74) is 6.69. The molecule has 3 nitrogen and oxygen atoms in total. The lowest BCUT2D eigenvalue weighted by Gasteiger charge is -2.25. The Balaban J connectivity index is 1.89. The molecule has 0 bridgehead atoms. The van der Waals surface area contributed by atoms with Gasteiger partial charge in [0, 0.05) is 36.5 Å². The third-order valence-electron chi connectivity index (χ3n) is 2.06. The second kappa shape index (κ2) is 4.30. The topological polar surface area (TPSA) is 42.1 Å². The summed E-state index contributed by atoms with van der Waals surface area (Å²) in [6.45, 7) is 3.33. The maximum Gasteiger partial charge on any atom is 0.180 e. The van der Waals surface area contributed by atoms with E-state index in [9.17, 15) is 0 Å². The largest absolute Gasteiger partial charge is 0.375 e. The van der Waals surface area contributed by atoms with E-state index in [1.54, 1.807) is 0 Å². The van der Waals surface area contributed by atoms with Gasteiger partial charge < -0.3 is 5.73 Å². The second-order valence-corrected chi connectivity index (χ2v) is 5.18. The summed E-state index contributed by atoms with van der Waals surface area (Å²) >= 11 is 3.56. The highest BCUT2D eigenvalue weighted by Crippen LogP contribution is 2.15. The van der Waals surface area contributed by atoms with E-state index in [2.05, 4.69) is 15.3 Å². The van der Waals surface area contributed by atoms with Gasteiger partial charge in [-0.05, 0) is 0 Å². The summed E-state index contributed by atoms with van der Waals surface area (Å²) < 4.78 is 0. The predicted octanol–water partition coefficient (Wildman–Crippen LogP) is 1.27. The number of nitrogens with two attached hydrogens (primary N) is 1. The van der Waals surface area contributed by atoms with Gasteiger partial charge in [0.2, 0.25) is 0 Å². The van der Waals surface area contributed by atoms with Crippen LogP contribution in [0.25, 0.3) is 0 Å². The quantitative estimate of drug-likeness (QED) is 0.807. The van der Waals surface area contributed by atoms with Crippen molar-refractivity contribution < 1.29 is 0 Å². The molecule has 0 aromatic carbocycles. The number of hydrogen-bond acceptors (Lipinski definition) is 5. The summed E-state index contributed by atoms with van der Waals surface area (Å²) in [6.07, 6.45) is 0. The molecule has 2 N–H and O–H groups in total. The minimum absolute atomic E-state index is 0.682. The molecular weight excluding hydrogens is 202 g/mol. The minimum atomic E-state index is 0.682. The van der Waals surface area contributed by atoms with E-state index in [4.69, 9.17) is 5.73 Å². The smallest absolute Gasteiger partial charge is 0.180 e. The predicted molar refractivity (Wildman–Crippen MR) is 59.1 cm³/mol. The van der Waals surface area contributed by atoms with E-state index >= 15 is 0 Å². The number of thiazole rings is 1. The van der Waals surface area contributed by atoms with Gasteiger partial charge >= 0.3 is 0 Å². The first kappa shape index (κ1) is 9.30. The number of hydrogen-bond donors (Lipinski definition) is 1. The van der Waals surface area contributed by atoms with Gasteiger partial charge in [0.1, 0.15) is 0 Å². The summed E-state index contributed by atoms with van der Waals surface area (Å²) in [5.74, 6) is 2.50. The zero-order valence-corrected chi connectivity index (χ0v) is 9.03. The highest BCUT2D eigenvalue weighted by Gasteiger charge is 2.11. The fourth-order valence-corrected chi connectivity index (χ4v) is 2.92. The Labute approximate surface area is 86.3 Å². The fourth-order valence-electron chi connectivity index (χ4n) is 1.38. The van der Waals surface area contributed by atoms with E-state index in [1.807, 2.05) is 11.8 Å². The molecule has 2 rings (SSSR count). The molecular formula is C8H13N3S2. The van der Waals surface area contributed by atoms with Gasteiger partial charge in [-0.15, -0.1) is 11.3 Å². The van der Waals surface area contributed by atoms with Gasteiger partial charge in [0.15, 0.2) is 5.13 Å². The molecule has 1 aromatic heterocycles. The molecule has 0 amide bonds. The molecule has 0 saturated carbocycles. The lowest BCUT2D eigenvalue weighted by Crippen LogP contribution is -2.32. The van der Waals surface area contributed by atoms with Crippen LogP contribution in [-0.4, -0.2) is 34.5 Å². The number of anilines is 1. The highest BCUT2D eigenvalue weighted by molar-refractivity contribution is 7.99. The molecule has 1 fully saturated rings. The number of nitrogen functional groups attached to an aromatic ring is 1. The van der Waals surface area contributed by atoms with Crippen LogP contribution in [0.15, 0.2) is 5.38 Å². The number of rotatable bonds is 2. The molecule has 1 saturated heterocycles. The Morgan fingerprint density at radius 2 is 2.23 bits per heavy atom. The molecule has 0 radical (unpaired) electrons. The van der Waals surface area contributed by atoms with Crippen LogP contribution in [0, 0.1) is 0 Å². The SMILES string of the molecule is Nc1nc(CN2CCSCC2)cs1. The van der Waals surface area contributed by atoms with Crippen molar-refractivity contribution in [2.45, 2.75) is 6.54 Å². The zero-order chi connectivity index (χ0) is 9.10. The molecule has 1 aliphatic heterocycles. The van der Waals surface area contributed by atoms with Crippen LogP contribution in [0.3, 0.4) is 0 Å². The molecule has 13 heavy (non-hydrogen) atoms. The van der Waals surface area contributed by atoms with E-state index in [-0.39, 0.29) is 0 Å². The standard InChI is InChI=1S/C8H13N3S2/c9-8-10-7(6-13-8)5-11-1-3-12-4-2-11/h6H,1-5H2,(H2,9,10). The first-order valence-corrected chi connectivity index (χ1v) is 6.38. The van der Waals surface area contributed by atoms with Crippen molar-refractivity contribution in [3.05, 3.63) is 11.1 Å². The summed E-state index contributed by atoms with van der Waals surface area (Å²) in [7, 11) is 0. The summed E-state index contributed by atoms with van der Waals surface area (Å²) in [6, 6.07) is 0. The van der Waals surface area contributed by atoms with E-state index in [1.165, 1.54) is 35.9 Å². The Hall–Kier alpha value is -0.260. The monoisotopic (exact) mass is 215 g/mol. The highest BCUT2D eigenvalue weighted by atomic mass is 32.2. The third-order valence-corrected chi connectivity index (χ3v) is 3.72. The Bertz CT molecular complexity index is 268. The zero-order valence-electron chi connectivity index (χ0n) is 7.40. The third kappa shape index (κ3) is 2.59. The molecule has 0 spiro atoms. The van der Waals surface area contributed by atoms with Crippen LogP contribution in [0.1, 0.15) is 5.69 Å². The van der Waals surface area contributed by atoms with Crippen molar-refractivity contribution in [3.63, 3.8) is 0 Å². The van der Waals surface area contributed by atoms with Gasteiger partial charge in [0.05, 0.1) is 5.69 Å². The summed E-state index contributed by atoms with van der Waals surface area (Å²) in [4.78, 5) is 6.69. The first-order valence-electron chi connectivity index (χ1n) is 4.34. The molecule has 1 aliphatic rings. The van der Waals surface area contributed by atoms with Crippen molar-refractivity contribution in [3.8, 4) is 0 Å². The Morgan fingerprint density at radius 1 is 1.46 bits per heavy atom. The summed E-state index contributed by atoms with van der Waals surface area (Å²) in [5, 5.41) is 2.73. The number of nitrogens with zero attached hydrogens (tertiary/aromatic N) is 2. The van der Waals surface area contributed by atoms with E-state index in [0.717, 1.165) is 12.2 Å². The van der Waals surface area contributed by atoms with Crippen LogP contribution in [0.2, 0.25) is 0 Å². The molecule has 1 aromatic rings. The van der Waals surface area contributed by atoms with E-state index in [0.29, 0.717) is 5.13 Å². The lowest BCUT2D eigenvalue weighted by atomic mass is 10.4. The van der Waals surface area contributed by atoms with Crippen molar-refractivity contribution in [2.24, 2.45) is 0 Å². The van der Waals surface area contributed by atoms with Crippen LogP contribution in [0.4, 0.5) is 5.13 Å². The molecule has 0 aliphatic carbocycles.